The summed E-state index contributed by atoms with van der Waals surface area (Å²) in [4.78, 5) is 0. The lowest BCUT2D eigenvalue weighted by molar-refractivity contribution is 0.382. The van der Waals surface area contributed by atoms with E-state index < -0.39 is 0 Å². The number of nitrogens with one attached hydrogen (secondary N) is 1. The lowest BCUT2D eigenvalue weighted by atomic mass is 9.85. The van der Waals surface area contributed by atoms with Crippen molar-refractivity contribution >= 4 is 11.6 Å². The van der Waals surface area contributed by atoms with Crippen LogP contribution in [0.1, 0.15) is 25.0 Å². The molecule has 0 saturated carbocycles. The van der Waals surface area contributed by atoms with Gasteiger partial charge in [0, 0.05) is 10.6 Å². The number of rotatable bonds is 0. The van der Waals surface area contributed by atoms with E-state index >= 15 is 0 Å². The SMILES string of the molecule is CC1(C)NCCc2cc(Cl)ccc21. The predicted octanol–water partition coefficient (Wildman–Crippen LogP) is 2.72. The van der Waals surface area contributed by atoms with Crippen LogP contribution in [0, 0.1) is 0 Å². The van der Waals surface area contributed by atoms with Crippen molar-refractivity contribution in [2.75, 3.05) is 6.54 Å². The van der Waals surface area contributed by atoms with Crippen LogP contribution in [-0.4, -0.2) is 6.54 Å². The van der Waals surface area contributed by atoms with Crippen molar-refractivity contribution in [1.82, 2.24) is 5.32 Å². The molecule has 2 heteroatoms. The molecular formula is C11H14ClN. The maximum atomic E-state index is 5.95. The molecule has 0 spiro atoms. The summed E-state index contributed by atoms with van der Waals surface area (Å²) >= 11 is 5.95. The summed E-state index contributed by atoms with van der Waals surface area (Å²) < 4.78 is 0. The van der Waals surface area contributed by atoms with E-state index in [4.69, 9.17) is 11.6 Å². The van der Waals surface area contributed by atoms with E-state index in [-0.39, 0.29) is 5.54 Å². The zero-order valence-corrected chi connectivity index (χ0v) is 8.78. The second-order valence-electron chi connectivity index (χ2n) is 4.10. The van der Waals surface area contributed by atoms with E-state index in [1.165, 1.54) is 11.1 Å². The van der Waals surface area contributed by atoms with Gasteiger partial charge in [-0.05, 0) is 50.1 Å². The van der Waals surface area contributed by atoms with Crippen LogP contribution in [0.15, 0.2) is 18.2 Å². The van der Waals surface area contributed by atoms with Crippen molar-refractivity contribution < 1.29 is 0 Å². The Balaban J connectivity index is 2.53. The fourth-order valence-corrected chi connectivity index (χ4v) is 2.18. The topological polar surface area (TPSA) is 12.0 Å². The predicted molar refractivity (Wildman–Crippen MR) is 56.2 cm³/mol. The summed E-state index contributed by atoms with van der Waals surface area (Å²) in [6.45, 7) is 5.46. The largest absolute Gasteiger partial charge is 0.307 e. The fourth-order valence-electron chi connectivity index (χ4n) is 1.98. The summed E-state index contributed by atoms with van der Waals surface area (Å²) in [5, 5.41) is 4.33. The Morgan fingerprint density at radius 3 is 2.92 bits per heavy atom. The molecule has 0 aromatic heterocycles. The summed E-state index contributed by atoms with van der Waals surface area (Å²) in [7, 11) is 0. The summed E-state index contributed by atoms with van der Waals surface area (Å²) in [5.41, 5.74) is 2.86. The summed E-state index contributed by atoms with van der Waals surface area (Å²) in [6.07, 6.45) is 1.08. The maximum absolute atomic E-state index is 5.95. The molecule has 1 aromatic carbocycles. The molecule has 1 heterocycles. The van der Waals surface area contributed by atoms with Gasteiger partial charge in [0.1, 0.15) is 0 Å². The molecule has 2 rings (SSSR count). The minimum absolute atomic E-state index is 0.0954. The molecule has 0 amide bonds. The molecule has 0 atom stereocenters. The molecule has 0 bridgehead atoms. The Labute approximate surface area is 84.1 Å². The smallest absolute Gasteiger partial charge is 0.0408 e. The average molecular weight is 196 g/mol. The van der Waals surface area contributed by atoms with Crippen LogP contribution in [0.3, 0.4) is 0 Å². The maximum Gasteiger partial charge on any atom is 0.0408 e. The van der Waals surface area contributed by atoms with E-state index in [0.717, 1.165) is 18.0 Å². The van der Waals surface area contributed by atoms with Gasteiger partial charge in [-0.2, -0.15) is 0 Å². The molecule has 1 nitrogen and oxygen atoms in total. The molecule has 1 aromatic rings. The zero-order valence-electron chi connectivity index (χ0n) is 8.02. The quantitative estimate of drug-likeness (QED) is 0.672. The normalized spacial score (nSPS) is 19.6. The van der Waals surface area contributed by atoms with Crippen LogP contribution >= 0.6 is 11.6 Å². The van der Waals surface area contributed by atoms with Crippen LogP contribution in [0.2, 0.25) is 5.02 Å². The van der Waals surface area contributed by atoms with Crippen molar-refractivity contribution in [1.29, 1.82) is 0 Å². The number of halogens is 1. The number of fused-ring (bicyclic) bond motifs is 1. The first-order valence-corrected chi connectivity index (χ1v) is 5.01. The highest BCUT2D eigenvalue weighted by Gasteiger charge is 2.26. The third-order valence-corrected chi connectivity index (χ3v) is 2.94. The van der Waals surface area contributed by atoms with E-state index in [1.54, 1.807) is 0 Å². The van der Waals surface area contributed by atoms with Crippen molar-refractivity contribution in [3.8, 4) is 0 Å². The van der Waals surface area contributed by atoms with Gasteiger partial charge in [-0.25, -0.2) is 0 Å². The lowest BCUT2D eigenvalue weighted by Crippen LogP contribution is -2.42. The van der Waals surface area contributed by atoms with Crippen LogP contribution < -0.4 is 5.32 Å². The van der Waals surface area contributed by atoms with E-state index in [1.807, 2.05) is 6.07 Å². The summed E-state index contributed by atoms with van der Waals surface area (Å²) in [5.74, 6) is 0. The summed E-state index contributed by atoms with van der Waals surface area (Å²) in [6, 6.07) is 6.18. The number of hydrogen-bond donors (Lipinski definition) is 1. The second kappa shape index (κ2) is 3.00. The standard InChI is InChI=1S/C11H14ClN/c1-11(2)10-4-3-9(12)7-8(10)5-6-13-11/h3-4,7,13H,5-6H2,1-2H3. The van der Waals surface area contributed by atoms with Crippen LogP contribution in [0.4, 0.5) is 0 Å². The van der Waals surface area contributed by atoms with Gasteiger partial charge in [0.25, 0.3) is 0 Å². The highest BCUT2D eigenvalue weighted by molar-refractivity contribution is 6.30. The third kappa shape index (κ3) is 1.59. The Hall–Kier alpha value is -0.530. The van der Waals surface area contributed by atoms with Crippen LogP contribution in [-0.2, 0) is 12.0 Å². The van der Waals surface area contributed by atoms with Gasteiger partial charge in [-0.3, -0.25) is 0 Å². The highest BCUT2D eigenvalue weighted by Crippen LogP contribution is 2.29. The molecule has 0 saturated heterocycles. The molecular weight excluding hydrogens is 182 g/mol. The monoisotopic (exact) mass is 195 g/mol. The Bertz CT molecular complexity index is 331. The third-order valence-electron chi connectivity index (χ3n) is 2.70. The fraction of sp³-hybridized carbons (Fsp3) is 0.455. The van der Waals surface area contributed by atoms with Crippen molar-refractivity contribution in [2.24, 2.45) is 0 Å². The molecule has 1 aliphatic heterocycles. The molecule has 1 aliphatic rings. The van der Waals surface area contributed by atoms with Crippen molar-refractivity contribution in [3.63, 3.8) is 0 Å². The van der Waals surface area contributed by atoms with Crippen LogP contribution in [0.25, 0.3) is 0 Å². The van der Waals surface area contributed by atoms with E-state index in [9.17, 15) is 0 Å². The van der Waals surface area contributed by atoms with Gasteiger partial charge in [-0.15, -0.1) is 0 Å². The minimum atomic E-state index is 0.0954. The first kappa shape index (κ1) is 9.04. The number of hydrogen-bond acceptors (Lipinski definition) is 1. The lowest BCUT2D eigenvalue weighted by Gasteiger charge is -2.34. The van der Waals surface area contributed by atoms with Crippen LogP contribution in [0.5, 0.6) is 0 Å². The van der Waals surface area contributed by atoms with Gasteiger partial charge < -0.3 is 5.32 Å². The van der Waals surface area contributed by atoms with E-state index in [2.05, 4.69) is 31.3 Å². The molecule has 0 fully saturated rings. The molecule has 1 N–H and O–H groups in total. The van der Waals surface area contributed by atoms with Crippen molar-refractivity contribution in [2.45, 2.75) is 25.8 Å². The molecule has 0 unspecified atom stereocenters. The Kier molecular flexibility index (Phi) is 2.09. The van der Waals surface area contributed by atoms with E-state index in [0.29, 0.717) is 0 Å². The van der Waals surface area contributed by atoms with Gasteiger partial charge >= 0.3 is 0 Å². The van der Waals surface area contributed by atoms with Gasteiger partial charge in [0.15, 0.2) is 0 Å². The molecule has 13 heavy (non-hydrogen) atoms. The van der Waals surface area contributed by atoms with Gasteiger partial charge in [-0.1, -0.05) is 17.7 Å². The number of benzene rings is 1. The molecule has 0 aliphatic carbocycles. The first-order valence-electron chi connectivity index (χ1n) is 4.63. The van der Waals surface area contributed by atoms with Crippen molar-refractivity contribution in [3.05, 3.63) is 34.3 Å². The second-order valence-corrected chi connectivity index (χ2v) is 4.54. The minimum Gasteiger partial charge on any atom is -0.307 e. The Morgan fingerprint density at radius 2 is 2.15 bits per heavy atom. The molecule has 0 radical (unpaired) electrons. The molecule has 70 valence electrons. The highest BCUT2D eigenvalue weighted by atomic mass is 35.5. The van der Waals surface area contributed by atoms with Gasteiger partial charge in [0.05, 0.1) is 0 Å². The average Bonchev–Trinajstić information content (AvgIpc) is 2.02. The zero-order chi connectivity index (χ0) is 9.47. The first-order chi connectivity index (χ1) is 6.09. The Morgan fingerprint density at radius 1 is 1.38 bits per heavy atom. The van der Waals surface area contributed by atoms with Gasteiger partial charge in [0.2, 0.25) is 0 Å².